The number of hydrogen-bond acceptors (Lipinski definition) is 4. The van der Waals surface area contributed by atoms with E-state index < -0.39 is 10.7 Å². The maximum absolute atomic E-state index is 13.4. The van der Waals surface area contributed by atoms with Crippen molar-refractivity contribution >= 4 is 34.0 Å². The van der Waals surface area contributed by atoms with Gasteiger partial charge in [0.2, 0.25) is 0 Å². The van der Waals surface area contributed by atoms with Gasteiger partial charge in [-0.3, -0.25) is 10.1 Å². The summed E-state index contributed by atoms with van der Waals surface area (Å²) in [5.74, 6) is -0.451. The zero-order valence-corrected chi connectivity index (χ0v) is 12.4. The van der Waals surface area contributed by atoms with Crippen LogP contribution in [0.4, 0.5) is 15.8 Å². The Hall–Kier alpha value is -0.960. The van der Waals surface area contributed by atoms with Crippen LogP contribution in [0.1, 0.15) is 6.92 Å². The Balaban J connectivity index is 2.80. The highest BCUT2D eigenvalue weighted by molar-refractivity contribution is 14.1. The summed E-state index contributed by atoms with van der Waals surface area (Å²) in [6, 6.07) is 2.41. The molecule has 0 aromatic heterocycles. The number of nitro groups is 1. The van der Waals surface area contributed by atoms with E-state index in [4.69, 9.17) is 0 Å². The number of likely N-dealkylation sites (N-methyl/N-ethyl adjacent to an activating group) is 1. The zero-order valence-electron chi connectivity index (χ0n) is 10.2. The van der Waals surface area contributed by atoms with E-state index in [9.17, 15) is 14.5 Å². The minimum Gasteiger partial charge on any atom is -0.378 e. The normalized spacial score (nSPS) is 10.7. The fourth-order valence-electron chi connectivity index (χ4n) is 1.37. The minimum absolute atomic E-state index is 0.0973. The van der Waals surface area contributed by atoms with E-state index in [1.54, 1.807) is 22.6 Å². The van der Waals surface area contributed by atoms with Gasteiger partial charge in [-0.05, 0) is 36.2 Å². The molecule has 0 aliphatic carbocycles. The van der Waals surface area contributed by atoms with Crippen LogP contribution in [0.2, 0.25) is 0 Å². The van der Waals surface area contributed by atoms with E-state index in [0.29, 0.717) is 6.54 Å². The number of halogens is 2. The molecule has 0 radical (unpaired) electrons. The number of nitrogens with one attached hydrogen (secondary N) is 1. The molecule has 0 atom stereocenters. The van der Waals surface area contributed by atoms with Gasteiger partial charge in [0.25, 0.3) is 5.69 Å². The van der Waals surface area contributed by atoms with Crippen LogP contribution in [0.25, 0.3) is 0 Å². The van der Waals surface area contributed by atoms with Crippen LogP contribution >= 0.6 is 22.6 Å². The van der Waals surface area contributed by atoms with Crippen LogP contribution in [-0.4, -0.2) is 36.5 Å². The smallest absolute Gasteiger partial charge is 0.293 e. The topological polar surface area (TPSA) is 58.4 Å². The number of nitrogens with zero attached hydrogens (tertiary/aromatic N) is 2. The first-order valence-electron chi connectivity index (χ1n) is 5.51. The van der Waals surface area contributed by atoms with Crippen LogP contribution in [0.5, 0.6) is 0 Å². The lowest BCUT2D eigenvalue weighted by Gasteiger charge is -2.14. The lowest BCUT2D eigenvalue weighted by atomic mass is 10.2. The minimum atomic E-state index is -0.506. The number of rotatable bonds is 6. The highest BCUT2D eigenvalue weighted by Gasteiger charge is 2.17. The molecule has 5 nitrogen and oxygen atoms in total. The van der Waals surface area contributed by atoms with Gasteiger partial charge in [0.1, 0.15) is 11.5 Å². The van der Waals surface area contributed by atoms with Crippen molar-refractivity contribution in [2.45, 2.75) is 6.92 Å². The van der Waals surface area contributed by atoms with Crippen LogP contribution in [0, 0.1) is 19.5 Å². The van der Waals surface area contributed by atoms with Gasteiger partial charge < -0.3 is 10.2 Å². The Bertz CT molecular complexity index is 443. The predicted octanol–water partition coefficient (Wildman–Crippen LogP) is 2.70. The maximum atomic E-state index is 13.4. The second-order valence-corrected chi connectivity index (χ2v) is 5.03. The number of benzene rings is 1. The molecule has 0 saturated heterocycles. The summed E-state index contributed by atoms with van der Waals surface area (Å²) in [6.07, 6.45) is 0. The van der Waals surface area contributed by atoms with E-state index in [0.717, 1.165) is 13.1 Å². The molecule has 0 aliphatic heterocycles. The standard InChI is InChI=1S/C11H15FIN3O2/c1-3-15(2)5-4-14-10-6-8(12)9(13)7-11(10)16(17)18/h6-7,14H,3-5H2,1-2H3. The van der Waals surface area contributed by atoms with E-state index >= 15 is 0 Å². The molecular weight excluding hydrogens is 352 g/mol. The second kappa shape index (κ2) is 6.83. The number of nitro benzene ring substituents is 1. The summed E-state index contributed by atoms with van der Waals surface area (Å²) >= 11 is 1.74. The van der Waals surface area contributed by atoms with Crippen molar-refractivity contribution in [3.8, 4) is 0 Å². The van der Waals surface area contributed by atoms with Crippen LogP contribution in [0.15, 0.2) is 12.1 Å². The van der Waals surface area contributed by atoms with Crippen molar-refractivity contribution in [2.75, 3.05) is 32.0 Å². The van der Waals surface area contributed by atoms with Crippen molar-refractivity contribution in [3.05, 3.63) is 31.6 Å². The highest BCUT2D eigenvalue weighted by atomic mass is 127. The molecule has 18 heavy (non-hydrogen) atoms. The van der Waals surface area contributed by atoms with Crippen LogP contribution in [-0.2, 0) is 0 Å². The molecule has 0 unspecified atom stereocenters. The Morgan fingerprint density at radius 3 is 2.78 bits per heavy atom. The quantitative estimate of drug-likeness (QED) is 0.477. The molecule has 7 heteroatoms. The molecule has 1 aromatic rings. The summed E-state index contributed by atoms with van der Waals surface area (Å²) < 4.78 is 13.6. The summed E-state index contributed by atoms with van der Waals surface area (Å²) in [6.45, 7) is 4.18. The molecular formula is C11H15FIN3O2. The van der Waals surface area contributed by atoms with Crippen molar-refractivity contribution in [1.82, 2.24) is 4.90 Å². The van der Waals surface area contributed by atoms with Crippen LogP contribution < -0.4 is 5.32 Å². The molecule has 0 bridgehead atoms. The third-order valence-electron chi connectivity index (χ3n) is 2.58. The molecule has 0 aliphatic rings. The summed E-state index contributed by atoms with van der Waals surface area (Å²) in [5, 5.41) is 13.8. The fourth-order valence-corrected chi connectivity index (χ4v) is 1.82. The molecule has 1 N–H and O–H groups in total. The van der Waals surface area contributed by atoms with E-state index in [1.807, 2.05) is 14.0 Å². The van der Waals surface area contributed by atoms with E-state index in [2.05, 4.69) is 10.2 Å². The first-order valence-corrected chi connectivity index (χ1v) is 6.59. The molecule has 0 spiro atoms. The Kier molecular flexibility index (Phi) is 5.73. The van der Waals surface area contributed by atoms with Gasteiger partial charge in [-0.1, -0.05) is 6.92 Å². The Morgan fingerprint density at radius 1 is 1.56 bits per heavy atom. The van der Waals surface area contributed by atoms with Gasteiger partial charge in [-0.2, -0.15) is 0 Å². The SMILES string of the molecule is CCN(C)CCNc1cc(F)c(I)cc1[N+](=O)[O-]. The van der Waals surface area contributed by atoms with Crippen LogP contribution in [0.3, 0.4) is 0 Å². The first-order chi connectivity index (χ1) is 8.45. The average molecular weight is 367 g/mol. The van der Waals surface area contributed by atoms with Gasteiger partial charge in [-0.15, -0.1) is 0 Å². The number of anilines is 1. The summed E-state index contributed by atoms with van der Waals surface area (Å²) in [4.78, 5) is 12.4. The first kappa shape index (κ1) is 15.1. The lowest BCUT2D eigenvalue weighted by molar-refractivity contribution is -0.384. The van der Waals surface area contributed by atoms with Crippen molar-refractivity contribution in [3.63, 3.8) is 0 Å². The molecule has 100 valence electrons. The van der Waals surface area contributed by atoms with E-state index in [1.165, 1.54) is 12.1 Å². The zero-order chi connectivity index (χ0) is 13.7. The highest BCUT2D eigenvalue weighted by Crippen LogP contribution is 2.28. The number of hydrogen-bond donors (Lipinski definition) is 1. The third-order valence-corrected chi connectivity index (χ3v) is 3.41. The molecule has 1 aromatic carbocycles. The maximum Gasteiger partial charge on any atom is 0.293 e. The molecule has 0 fully saturated rings. The van der Waals surface area contributed by atoms with Gasteiger partial charge in [0, 0.05) is 25.2 Å². The molecule has 0 saturated carbocycles. The molecule has 0 heterocycles. The third kappa shape index (κ3) is 4.05. The predicted molar refractivity (Wildman–Crippen MR) is 77.4 cm³/mol. The fraction of sp³-hybridized carbons (Fsp3) is 0.455. The summed E-state index contributed by atoms with van der Waals surface area (Å²) in [7, 11) is 1.95. The van der Waals surface area contributed by atoms with Crippen molar-refractivity contribution in [2.24, 2.45) is 0 Å². The average Bonchev–Trinajstić information content (AvgIpc) is 2.32. The Labute approximate surface area is 119 Å². The van der Waals surface area contributed by atoms with Gasteiger partial charge in [-0.25, -0.2) is 4.39 Å². The van der Waals surface area contributed by atoms with Crippen molar-refractivity contribution < 1.29 is 9.31 Å². The van der Waals surface area contributed by atoms with Crippen molar-refractivity contribution in [1.29, 1.82) is 0 Å². The lowest BCUT2D eigenvalue weighted by Crippen LogP contribution is -2.24. The van der Waals surface area contributed by atoms with E-state index in [-0.39, 0.29) is 14.9 Å². The monoisotopic (exact) mass is 367 g/mol. The summed E-state index contributed by atoms with van der Waals surface area (Å²) in [5.41, 5.74) is 0.127. The Morgan fingerprint density at radius 2 is 2.22 bits per heavy atom. The van der Waals surface area contributed by atoms with Gasteiger partial charge in [0.05, 0.1) is 8.49 Å². The van der Waals surface area contributed by atoms with Gasteiger partial charge in [0.15, 0.2) is 0 Å². The second-order valence-electron chi connectivity index (χ2n) is 3.86. The molecule has 1 rings (SSSR count). The molecule has 0 amide bonds. The van der Waals surface area contributed by atoms with Gasteiger partial charge >= 0.3 is 0 Å². The largest absolute Gasteiger partial charge is 0.378 e.